The van der Waals surface area contributed by atoms with E-state index in [2.05, 4.69) is 0 Å². The molecule has 0 radical (unpaired) electrons. The fourth-order valence-corrected chi connectivity index (χ4v) is 0.885. The summed E-state index contributed by atoms with van der Waals surface area (Å²) in [6.45, 7) is 0. The molecular formula is C7H4F2N2O3. The van der Waals surface area contributed by atoms with Crippen LogP contribution in [-0.4, -0.2) is 10.8 Å². The molecular weight excluding hydrogens is 198 g/mol. The van der Waals surface area contributed by atoms with Gasteiger partial charge in [0.25, 0.3) is 11.6 Å². The molecule has 0 saturated carbocycles. The molecule has 2 N–H and O–H groups in total. The Morgan fingerprint density at radius 2 is 1.86 bits per heavy atom. The largest absolute Gasteiger partial charge is 0.365 e. The lowest BCUT2D eigenvalue weighted by molar-refractivity contribution is -0.385. The molecule has 74 valence electrons. The molecule has 0 fully saturated rings. The number of amides is 1. The molecule has 7 heteroatoms. The fraction of sp³-hybridized carbons (Fsp3) is 0. The number of hydrogen-bond donors (Lipinski definition) is 1. The lowest BCUT2D eigenvalue weighted by Crippen LogP contribution is -2.14. The van der Waals surface area contributed by atoms with Crippen molar-refractivity contribution in [2.75, 3.05) is 0 Å². The maximum Gasteiger partial charge on any atom is 0.285 e. The normalized spacial score (nSPS) is 9.86. The summed E-state index contributed by atoms with van der Waals surface area (Å²) in [5, 5.41) is 10.3. The number of nitrogens with two attached hydrogens (primary N) is 1. The second-order valence-electron chi connectivity index (χ2n) is 2.40. The Kier molecular flexibility index (Phi) is 2.41. The highest BCUT2D eigenvalue weighted by Gasteiger charge is 2.21. The lowest BCUT2D eigenvalue weighted by Gasteiger charge is -1.99. The van der Waals surface area contributed by atoms with Crippen LogP contribution in [0.3, 0.4) is 0 Å². The molecule has 0 aliphatic carbocycles. The van der Waals surface area contributed by atoms with Crippen LogP contribution < -0.4 is 5.73 Å². The van der Waals surface area contributed by atoms with Crippen LogP contribution in [0.5, 0.6) is 0 Å². The first kappa shape index (κ1) is 10.0. The van der Waals surface area contributed by atoms with E-state index < -0.39 is 33.7 Å². The quantitative estimate of drug-likeness (QED) is 0.572. The Balaban J connectivity index is 3.46. The number of nitro benzene ring substituents is 1. The van der Waals surface area contributed by atoms with E-state index in [1.54, 1.807) is 0 Å². The molecule has 0 aliphatic rings. The van der Waals surface area contributed by atoms with Gasteiger partial charge in [-0.15, -0.1) is 0 Å². The van der Waals surface area contributed by atoms with Crippen LogP contribution in [0.15, 0.2) is 12.1 Å². The van der Waals surface area contributed by atoms with Gasteiger partial charge in [-0.3, -0.25) is 14.9 Å². The first-order chi connectivity index (χ1) is 6.43. The van der Waals surface area contributed by atoms with Crippen LogP contribution in [0, 0.1) is 21.7 Å². The predicted octanol–water partition coefficient (Wildman–Crippen LogP) is 0.972. The molecule has 5 nitrogen and oxygen atoms in total. The van der Waals surface area contributed by atoms with Crippen molar-refractivity contribution in [1.82, 2.24) is 0 Å². The predicted molar refractivity (Wildman–Crippen MR) is 41.5 cm³/mol. The minimum Gasteiger partial charge on any atom is -0.365 e. The van der Waals surface area contributed by atoms with Crippen molar-refractivity contribution in [3.8, 4) is 0 Å². The van der Waals surface area contributed by atoms with Gasteiger partial charge in [-0.2, -0.15) is 0 Å². The first-order valence-corrected chi connectivity index (χ1v) is 3.36. The summed E-state index contributed by atoms with van der Waals surface area (Å²) in [7, 11) is 0. The number of nitro groups is 1. The molecule has 1 aromatic rings. The fourth-order valence-electron chi connectivity index (χ4n) is 0.885. The minimum absolute atomic E-state index is 0.315. The maximum atomic E-state index is 12.6. The zero-order chi connectivity index (χ0) is 10.9. The van der Waals surface area contributed by atoms with Crippen molar-refractivity contribution >= 4 is 11.6 Å². The summed E-state index contributed by atoms with van der Waals surface area (Å²) in [5.41, 5.74) is 3.23. The number of rotatable bonds is 2. The first-order valence-electron chi connectivity index (χ1n) is 3.36. The van der Waals surface area contributed by atoms with Gasteiger partial charge in [0.05, 0.1) is 11.0 Å². The third-order valence-corrected chi connectivity index (χ3v) is 1.50. The molecule has 1 aromatic carbocycles. The number of primary amides is 1. The minimum atomic E-state index is -1.40. The molecule has 0 aliphatic heterocycles. The third-order valence-electron chi connectivity index (χ3n) is 1.50. The van der Waals surface area contributed by atoms with E-state index in [-0.39, 0.29) is 0 Å². The molecule has 0 aromatic heterocycles. The van der Waals surface area contributed by atoms with Crippen LogP contribution in [0.1, 0.15) is 10.4 Å². The molecule has 0 spiro atoms. The van der Waals surface area contributed by atoms with Crippen LogP contribution in [0.4, 0.5) is 14.5 Å². The average molecular weight is 202 g/mol. The van der Waals surface area contributed by atoms with Crippen LogP contribution in [-0.2, 0) is 0 Å². The summed E-state index contributed by atoms with van der Waals surface area (Å²) in [6.07, 6.45) is 0. The van der Waals surface area contributed by atoms with Gasteiger partial charge in [0, 0.05) is 0 Å². The SMILES string of the molecule is NC(=O)c1cc(F)c(F)cc1[N+](=O)[O-]. The lowest BCUT2D eigenvalue weighted by atomic mass is 10.1. The molecule has 1 amide bonds. The van der Waals surface area contributed by atoms with Gasteiger partial charge in [0.1, 0.15) is 5.56 Å². The summed E-state index contributed by atoms with van der Waals surface area (Å²) in [5.74, 6) is -3.94. The number of carbonyl (C=O) groups is 1. The molecule has 0 heterocycles. The number of benzene rings is 1. The highest BCUT2D eigenvalue weighted by molar-refractivity contribution is 5.96. The molecule has 0 saturated heterocycles. The summed E-state index contributed by atoms with van der Waals surface area (Å²) < 4.78 is 25.1. The second-order valence-corrected chi connectivity index (χ2v) is 2.40. The van der Waals surface area contributed by atoms with Gasteiger partial charge in [0.15, 0.2) is 11.6 Å². The number of halogens is 2. The number of carbonyl (C=O) groups excluding carboxylic acids is 1. The Hall–Kier alpha value is -2.05. The zero-order valence-electron chi connectivity index (χ0n) is 6.66. The zero-order valence-corrected chi connectivity index (χ0v) is 6.66. The molecule has 0 atom stereocenters. The molecule has 0 bridgehead atoms. The summed E-state index contributed by atoms with van der Waals surface area (Å²) >= 11 is 0. The van der Waals surface area contributed by atoms with Crippen molar-refractivity contribution in [2.45, 2.75) is 0 Å². The Morgan fingerprint density at radius 1 is 1.36 bits per heavy atom. The van der Waals surface area contributed by atoms with Crippen molar-refractivity contribution < 1.29 is 18.5 Å². The Morgan fingerprint density at radius 3 is 2.29 bits per heavy atom. The summed E-state index contributed by atoms with van der Waals surface area (Å²) in [4.78, 5) is 19.9. The van der Waals surface area contributed by atoms with Crippen LogP contribution in [0.25, 0.3) is 0 Å². The van der Waals surface area contributed by atoms with E-state index in [4.69, 9.17) is 5.73 Å². The van der Waals surface area contributed by atoms with Crippen molar-refractivity contribution in [3.05, 3.63) is 39.4 Å². The number of hydrogen-bond acceptors (Lipinski definition) is 3. The highest BCUT2D eigenvalue weighted by Crippen LogP contribution is 2.21. The van der Waals surface area contributed by atoms with Crippen molar-refractivity contribution in [2.24, 2.45) is 5.73 Å². The van der Waals surface area contributed by atoms with E-state index >= 15 is 0 Å². The van der Waals surface area contributed by atoms with Gasteiger partial charge in [-0.05, 0) is 6.07 Å². The van der Waals surface area contributed by atoms with E-state index in [1.807, 2.05) is 0 Å². The van der Waals surface area contributed by atoms with Gasteiger partial charge in [0.2, 0.25) is 0 Å². The van der Waals surface area contributed by atoms with Crippen molar-refractivity contribution in [1.29, 1.82) is 0 Å². The van der Waals surface area contributed by atoms with Gasteiger partial charge >= 0.3 is 0 Å². The number of nitrogens with zero attached hydrogens (tertiary/aromatic N) is 1. The van der Waals surface area contributed by atoms with Gasteiger partial charge in [-0.25, -0.2) is 8.78 Å². The average Bonchev–Trinajstić information content (AvgIpc) is 2.08. The van der Waals surface area contributed by atoms with Crippen LogP contribution in [0.2, 0.25) is 0 Å². The molecule has 1 rings (SSSR count). The van der Waals surface area contributed by atoms with Crippen molar-refractivity contribution in [3.63, 3.8) is 0 Å². The van der Waals surface area contributed by atoms with E-state index in [1.165, 1.54) is 0 Å². The monoisotopic (exact) mass is 202 g/mol. The maximum absolute atomic E-state index is 12.6. The van der Waals surface area contributed by atoms with E-state index in [0.29, 0.717) is 12.1 Å². The van der Waals surface area contributed by atoms with E-state index in [9.17, 15) is 23.7 Å². The van der Waals surface area contributed by atoms with Crippen LogP contribution >= 0.6 is 0 Å². The second kappa shape index (κ2) is 3.36. The Labute approximate surface area is 76.3 Å². The topological polar surface area (TPSA) is 86.2 Å². The summed E-state index contributed by atoms with van der Waals surface area (Å²) in [6, 6.07) is 0.714. The molecule has 0 unspecified atom stereocenters. The molecule has 14 heavy (non-hydrogen) atoms. The highest BCUT2D eigenvalue weighted by atomic mass is 19.2. The standard InChI is InChI=1S/C7H4F2N2O3/c8-4-1-3(7(10)12)6(11(13)14)2-5(4)9/h1-2H,(H2,10,12). The van der Waals surface area contributed by atoms with Gasteiger partial charge < -0.3 is 5.73 Å². The smallest absolute Gasteiger partial charge is 0.285 e. The van der Waals surface area contributed by atoms with Gasteiger partial charge in [-0.1, -0.05) is 0 Å². The van der Waals surface area contributed by atoms with E-state index in [0.717, 1.165) is 0 Å². The Bertz CT molecular complexity index is 381. The third kappa shape index (κ3) is 1.65.